The van der Waals surface area contributed by atoms with Crippen LogP contribution in [0.3, 0.4) is 0 Å². The van der Waals surface area contributed by atoms with Gasteiger partial charge in [-0.2, -0.15) is 4.99 Å². The van der Waals surface area contributed by atoms with Crippen molar-refractivity contribution in [1.82, 2.24) is 0 Å². The van der Waals surface area contributed by atoms with E-state index < -0.39 is 17.2 Å². The number of halogens is 3. The maximum absolute atomic E-state index is 13.4. The number of carbonyl (C=O) groups excluding carboxylic acids is 1. The molecule has 1 aliphatic rings. The number of hydrogen-bond acceptors (Lipinski definition) is 2. The fourth-order valence-electron chi connectivity index (χ4n) is 1.53. The first-order valence-electron chi connectivity index (χ1n) is 4.33. The molecule has 1 fully saturated rings. The van der Waals surface area contributed by atoms with E-state index in [1.54, 1.807) is 0 Å². The molecule has 0 atom stereocenters. The quantitative estimate of drug-likeness (QED) is 0.436. The normalized spacial score (nSPS) is 17.0. The topological polar surface area (TPSA) is 29.4 Å². The Morgan fingerprint density at radius 2 is 2.00 bits per heavy atom. The lowest BCUT2D eigenvalue weighted by molar-refractivity contribution is 0.541. The first-order chi connectivity index (χ1) is 7.09. The number of rotatable bonds is 2. The SMILES string of the molecule is O=C=NC1(c2cc(F)c(Cl)cc2F)CC1. The molecule has 78 valence electrons. The molecule has 1 aromatic carbocycles. The summed E-state index contributed by atoms with van der Waals surface area (Å²) in [5.74, 6) is -1.35. The van der Waals surface area contributed by atoms with Gasteiger partial charge >= 0.3 is 0 Å². The third-order valence-corrected chi connectivity index (χ3v) is 2.78. The molecule has 5 heteroatoms. The van der Waals surface area contributed by atoms with Gasteiger partial charge in [-0.1, -0.05) is 11.6 Å². The smallest absolute Gasteiger partial charge is 0.211 e. The van der Waals surface area contributed by atoms with E-state index in [9.17, 15) is 13.6 Å². The van der Waals surface area contributed by atoms with Crippen molar-refractivity contribution in [3.8, 4) is 0 Å². The molecule has 15 heavy (non-hydrogen) atoms. The molecule has 1 aromatic rings. The molecule has 0 saturated heterocycles. The Morgan fingerprint density at radius 1 is 1.33 bits per heavy atom. The van der Waals surface area contributed by atoms with E-state index in [-0.39, 0.29) is 10.6 Å². The molecule has 2 rings (SSSR count). The molecule has 0 radical (unpaired) electrons. The molecule has 0 spiro atoms. The van der Waals surface area contributed by atoms with Crippen LogP contribution in [0.1, 0.15) is 18.4 Å². The van der Waals surface area contributed by atoms with Crippen molar-refractivity contribution in [2.24, 2.45) is 4.99 Å². The van der Waals surface area contributed by atoms with Crippen LogP contribution in [0.5, 0.6) is 0 Å². The minimum atomic E-state index is -0.905. The zero-order chi connectivity index (χ0) is 11.1. The zero-order valence-electron chi connectivity index (χ0n) is 7.56. The van der Waals surface area contributed by atoms with Gasteiger partial charge in [0, 0.05) is 5.56 Å². The molecule has 0 aliphatic heterocycles. The van der Waals surface area contributed by atoms with Gasteiger partial charge < -0.3 is 0 Å². The minimum Gasteiger partial charge on any atom is -0.211 e. The molecule has 0 aromatic heterocycles. The van der Waals surface area contributed by atoms with Crippen LogP contribution in [0.25, 0.3) is 0 Å². The second-order valence-electron chi connectivity index (χ2n) is 3.48. The van der Waals surface area contributed by atoms with Gasteiger partial charge in [0.05, 0.1) is 5.02 Å². The number of nitrogens with zero attached hydrogens (tertiary/aromatic N) is 1. The molecule has 1 aliphatic carbocycles. The van der Waals surface area contributed by atoms with Gasteiger partial charge in [-0.15, -0.1) is 0 Å². The Bertz CT molecular complexity index is 465. The van der Waals surface area contributed by atoms with Crippen LogP contribution < -0.4 is 0 Å². The summed E-state index contributed by atoms with van der Waals surface area (Å²) in [4.78, 5) is 13.7. The van der Waals surface area contributed by atoms with Crippen LogP contribution in [0, 0.1) is 11.6 Å². The maximum Gasteiger partial charge on any atom is 0.235 e. The number of hydrogen-bond donors (Lipinski definition) is 0. The van der Waals surface area contributed by atoms with Crippen LogP contribution in [-0.4, -0.2) is 6.08 Å². The summed E-state index contributed by atoms with van der Waals surface area (Å²) in [5.41, 5.74) is -0.829. The molecule has 0 unspecified atom stereocenters. The fourth-order valence-corrected chi connectivity index (χ4v) is 1.68. The van der Waals surface area contributed by atoms with E-state index in [1.165, 1.54) is 6.08 Å². The van der Waals surface area contributed by atoms with Crippen molar-refractivity contribution in [3.63, 3.8) is 0 Å². The average molecular weight is 230 g/mol. The van der Waals surface area contributed by atoms with Gasteiger partial charge in [0.25, 0.3) is 0 Å². The highest BCUT2D eigenvalue weighted by atomic mass is 35.5. The Kier molecular flexibility index (Phi) is 2.33. The predicted molar refractivity (Wildman–Crippen MR) is 50.4 cm³/mol. The second-order valence-corrected chi connectivity index (χ2v) is 3.89. The molecule has 0 amide bonds. The Labute approximate surface area is 89.6 Å². The molecular formula is C10H6ClF2NO. The van der Waals surface area contributed by atoms with Crippen molar-refractivity contribution in [2.75, 3.05) is 0 Å². The summed E-state index contributed by atoms with van der Waals surface area (Å²) >= 11 is 5.41. The van der Waals surface area contributed by atoms with Gasteiger partial charge in [-0.05, 0) is 25.0 Å². The van der Waals surface area contributed by atoms with E-state index >= 15 is 0 Å². The van der Waals surface area contributed by atoms with Gasteiger partial charge in [0.2, 0.25) is 6.08 Å². The van der Waals surface area contributed by atoms with Gasteiger partial charge in [0.1, 0.15) is 17.2 Å². The summed E-state index contributed by atoms with van der Waals surface area (Å²) in [7, 11) is 0. The van der Waals surface area contributed by atoms with Crippen LogP contribution in [-0.2, 0) is 10.3 Å². The molecule has 0 N–H and O–H groups in total. The Hall–Kier alpha value is -1.25. The average Bonchev–Trinajstić information content (AvgIpc) is 2.93. The standard InChI is InChI=1S/C10H6ClF2NO/c11-7-4-8(12)6(3-9(7)13)10(1-2-10)14-5-15/h3-4H,1-2H2. The molecule has 1 saturated carbocycles. The van der Waals surface area contributed by atoms with Gasteiger partial charge in [-0.3, -0.25) is 0 Å². The van der Waals surface area contributed by atoms with Crippen molar-refractivity contribution in [3.05, 3.63) is 34.4 Å². The van der Waals surface area contributed by atoms with Crippen LogP contribution in [0.15, 0.2) is 17.1 Å². The fraction of sp³-hybridized carbons (Fsp3) is 0.300. The van der Waals surface area contributed by atoms with E-state index in [4.69, 9.17) is 11.6 Å². The lowest BCUT2D eigenvalue weighted by Crippen LogP contribution is -2.06. The molecule has 0 bridgehead atoms. The summed E-state index contributed by atoms with van der Waals surface area (Å²) in [6, 6.07) is 1.89. The van der Waals surface area contributed by atoms with Crippen molar-refractivity contribution in [2.45, 2.75) is 18.4 Å². The van der Waals surface area contributed by atoms with Gasteiger partial charge in [-0.25, -0.2) is 13.6 Å². The van der Waals surface area contributed by atoms with Crippen molar-refractivity contribution < 1.29 is 13.6 Å². The van der Waals surface area contributed by atoms with Crippen molar-refractivity contribution in [1.29, 1.82) is 0 Å². The number of benzene rings is 1. The predicted octanol–water partition coefficient (Wildman–Crippen LogP) is 2.94. The van der Waals surface area contributed by atoms with Crippen LogP contribution >= 0.6 is 11.6 Å². The molecule has 2 nitrogen and oxygen atoms in total. The third kappa shape index (κ3) is 1.66. The highest BCUT2D eigenvalue weighted by Crippen LogP contribution is 2.50. The van der Waals surface area contributed by atoms with E-state index in [0.29, 0.717) is 12.8 Å². The second kappa shape index (κ2) is 3.40. The van der Waals surface area contributed by atoms with E-state index in [0.717, 1.165) is 12.1 Å². The number of isocyanates is 1. The first kappa shape index (κ1) is 10.3. The van der Waals surface area contributed by atoms with Crippen molar-refractivity contribution >= 4 is 17.7 Å². The van der Waals surface area contributed by atoms with Crippen LogP contribution in [0.4, 0.5) is 8.78 Å². The highest BCUT2D eigenvalue weighted by Gasteiger charge is 2.47. The molecular weight excluding hydrogens is 224 g/mol. The summed E-state index contributed by atoms with van der Waals surface area (Å²) in [5, 5.41) is -0.276. The maximum atomic E-state index is 13.4. The molecule has 0 heterocycles. The third-order valence-electron chi connectivity index (χ3n) is 2.49. The number of aliphatic imine (C=N–C) groups is 1. The Morgan fingerprint density at radius 3 is 2.53 bits per heavy atom. The zero-order valence-corrected chi connectivity index (χ0v) is 8.31. The summed E-state index contributed by atoms with van der Waals surface area (Å²) < 4.78 is 26.6. The Balaban J connectivity index is 2.54. The van der Waals surface area contributed by atoms with Crippen LogP contribution in [0.2, 0.25) is 5.02 Å². The van der Waals surface area contributed by atoms with Gasteiger partial charge in [0.15, 0.2) is 0 Å². The summed E-state index contributed by atoms with van der Waals surface area (Å²) in [6.45, 7) is 0. The van der Waals surface area contributed by atoms with E-state index in [2.05, 4.69) is 4.99 Å². The monoisotopic (exact) mass is 229 g/mol. The van der Waals surface area contributed by atoms with E-state index in [1.807, 2.05) is 0 Å². The largest absolute Gasteiger partial charge is 0.235 e. The summed E-state index contributed by atoms with van der Waals surface area (Å²) in [6.07, 6.45) is 2.44. The minimum absolute atomic E-state index is 0.0766. The lowest BCUT2D eigenvalue weighted by Gasteiger charge is -2.09. The lowest BCUT2D eigenvalue weighted by atomic mass is 10.0. The highest BCUT2D eigenvalue weighted by molar-refractivity contribution is 6.30. The first-order valence-corrected chi connectivity index (χ1v) is 4.71.